The number of ether oxygens (including phenoxy) is 1. The largest absolute Gasteiger partial charge is 0.379 e. The van der Waals surface area contributed by atoms with Crippen LogP contribution in [-0.2, 0) is 14.3 Å². The van der Waals surface area contributed by atoms with Crippen LogP contribution < -0.4 is 10.6 Å². The number of piperidine rings is 2. The first-order valence-corrected chi connectivity index (χ1v) is 13.9. The molecule has 7 heteroatoms. The highest BCUT2D eigenvalue weighted by Crippen LogP contribution is 2.41. The third kappa shape index (κ3) is 5.96. The Balaban J connectivity index is 1.44. The fraction of sp³-hybridized carbons (Fsp3) is 0.926. The molecule has 4 aliphatic heterocycles. The molecule has 4 atom stereocenters. The molecule has 194 valence electrons. The third-order valence-corrected chi connectivity index (χ3v) is 9.11. The highest BCUT2D eigenvalue weighted by molar-refractivity contribution is 5.90. The van der Waals surface area contributed by atoms with Crippen LogP contribution in [0.15, 0.2) is 0 Å². The average molecular weight is 477 g/mol. The Kier molecular flexibility index (Phi) is 8.57. The summed E-state index contributed by atoms with van der Waals surface area (Å²) < 4.78 is 5.83. The van der Waals surface area contributed by atoms with E-state index in [4.69, 9.17) is 4.74 Å². The van der Waals surface area contributed by atoms with Gasteiger partial charge in [-0.15, -0.1) is 0 Å². The van der Waals surface area contributed by atoms with E-state index in [1.54, 1.807) is 0 Å². The molecule has 2 bridgehead atoms. The van der Waals surface area contributed by atoms with Crippen LogP contribution in [-0.4, -0.2) is 85.2 Å². The minimum Gasteiger partial charge on any atom is -0.379 e. The molecule has 0 aromatic rings. The number of nitrogens with zero attached hydrogens (tertiary/aromatic N) is 2. The molecule has 1 spiro atoms. The summed E-state index contributed by atoms with van der Waals surface area (Å²) in [6, 6.07) is 1.62. The van der Waals surface area contributed by atoms with Gasteiger partial charge in [0.25, 0.3) is 0 Å². The van der Waals surface area contributed by atoms with Gasteiger partial charge >= 0.3 is 0 Å². The monoisotopic (exact) mass is 476 g/mol. The first-order chi connectivity index (χ1) is 16.3. The van der Waals surface area contributed by atoms with Crippen LogP contribution in [0.5, 0.6) is 0 Å². The molecule has 7 nitrogen and oxygen atoms in total. The van der Waals surface area contributed by atoms with Crippen molar-refractivity contribution in [3.63, 3.8) is 0 Å². The van der Waals surface area contributed by atoms with E-state index >= 15 is 0 Å². The van der Waals surface area contributed by atoms with Gasteiger partial charge in [0.2, 0.25) is 11.8 Å². The average Bonchev–Trinajstić information content (AvgIpc) is 3.00. The van der Waals surface area contributed by atoms with E-state index < -0.39 is 6.04 Å². The third-order valence-electron chi connectivity index (χ3n) is 9.11. The lowest BCUT2D eigenvalue weighted by molar-refractivity contribution is -0.139. The number of rotatable bonds is 3. The van der Waals surface area contributed by atoms with Gasteiger partial charge in [-0.1, -0.05) is 20.3 Å². The molecule has 0 radical (unpaired) electrons. The summed E-state index contributed by atoms with van der Waals surface area (Å²) in [7, 11) is 2.30. The Hall–Kier alpha value is -1.18. The molecule has 2 unspecified atom stereocenters. The standard InChI is InChI=1S/C27H48N4O3/c1-19(2)15-24-25(32)28-20(3)18-34-14-6-5-9-27(26(33)29-24)10-12-31(13-11-27)23-16-21-7-8-22(17-23)30(21)4/h19-24H,5-18H2,1-4H3,(H,28,32)(H,29,33)/t20-,21?,22?,23?,24+/m1/s1. The summed E-state index contributed by atoms with van der Waals surface area (Å²) in [5.41, 5.74) is -0.365. The van der Waals surface area contributed by atoms with Crippen LogP contribution in [0.1, 0.15) is 85.0 Å². The maximum atomic E-state index is 13.8. The van der Waals surface area contributed by atoms with Crippen molar-refractivity contribution in [2.45, 2.75) is 115 Å². The quantitative estimate of drug-likeness (QED) is 0.655. The van der Waals surface area contributed by atoms with Crippen molar-refractivity contribution in [3.8, 4) is 0 Å². The van der Waals surface area contributed by atoms with Gasteiger partial charge in [-0.05, 0) is 90.8 Å². The number of nitrogens with one attached hydrogen (secondary N) is 2. The molecular formula is C27H48N4O3. The zero-order chi connectivity index (χ0) is 24.3. The molecule has 0 aromatic carbocycles. The van der Waals surface area contributed by atoms with Crippen molar-refractivity contribution in [2.75, 3.05) is 33.4 Å². The molecule has 4 heterocycles. The molecule has 2 N–H and O–H groups in total. The highest BCUT2D eigenvalue weighted by Gasteiger charge is 2.46. The number of fused-ring (bicyclic) bond motifs is 2. The Labute approximate surface area is 206 Å². The Bertz CT molecular complexity index is 692. The zero-order valence-electron chi connectivity index (χ0n) is 22.0. The minimum absolute atomic E-state index is 0.0538. The number of carbonyl (C=O) groups is 2. The topological polar surface area (TPSA) is 73.9 Å². The van der Waals surface area contributed by atoms with Crippen LogP contribution >= 0.6 is 0 Å². The Morgan fingerprint density at radius 2 is 1.68 bits per heavy atom. The molecule has 0 aliphatic carbocycles. The van der Waals surface area contributed by atoms with Crippen LogP contribution in [0.3, 0.4) is 0 Å². The summed E-state index contributed by atoms with van der Waals surface area (Å²) in [5.74, 6) is 0.354. The molecule has 4 aliphatic rings. The van der Waals surface area contributed by atoms with Crippen molar-refractivity contribution in [2.24, 2.45) is 11.3 Å². The predicted octanol–water partition coefficient (Wildman–Crippen LogP) is 2.93. The molecule has 2 amide bonds. The second kappa shape index (κ2) is 11.3. The first-order valence-electron chi connectivity index (χ1n) is 13.9. The molecule has 0 saturated carbocycles. The molecule has 4 fully saturated rings. The van der Waals surface area contributed by atoms with Gasteiger partial charge in [0.1, 0.15) is 6.04 Å². The highest BCUT2D eigenvalue weighted by atomic mass is 16.5. The van der Waals surface area contributed by atoms with E-state index in [0.717, 1.165) is 57.3 Å². The van der Waals surface area contributed by atoms with Crippen molar-refractivity contribution >= 4 is 11.8 Å². The fourth-order valence-corrected chi connectivity index (χ4v) is 6.92. The summed E-state index contributed by atoms with van der Waals surface area (Å²) >= 11 is 0. The van der Waals surface area contributed by atoms with E-state index in [1.165, 1.54) is 25.7 Å². The summed E-state index contributed by atoms with van der Waals surface area (Å²) in [6.45, 7) is 9.39. The summed E-state index contributed by atoms with van der Waals surface area (Å²) in [6.07, 6.45) is 10.5. The Morgan fingerprint density at radius 1 is 1.00 bits per heavy atom. The number of hydrogen-bond acceptors (Lipinski definition) is 5. The van der Waals surface area contributed by atoms with E-state index in [1.807, 2.05) is 6.92 Å². The lowest BCUT2D eigenvalue weighted by atomic mass is 9.73. The van der Waals surface area contributed by atoms with E-state index in [9.17, 15) is 9.59 Å². The molecule has 34 heavy (non-hydrogen) atoms. The van der Waals surface area contributed by atoms with Gasteiger partial charge in [-0.2, -0.15) is 0 Å². The lowest BCUT2D eigenvalue weighted by Crippen LogP contribution is -2.57. The molecular weight excluding hydrogens is 428 g/mol. The fourth-order valence-electron chi connectivity index (χ4n) is 6.92. The summed E-state index contributed by atoms with van der Waals surface area (Å²) in [4.78, 5) is 32.1. The predicted molar refractivity (Wildman–Crippen MR) is 134 cm³/mol. The van der Waals surface area contributed by atoms with E-state index in [-0.39, 0.29) is 23.3 Å². The van der Waals surface area contributed by atoms with E-state index in [0.29, 0.717) is 31.6 Å². The van der Waals surface area contributed by atoms with Crippen LogP contribution in [0.2, 0.25) is 0 Å². The van der Waals surface area contributed by atoms with Crippen LogP contribution in [0, 0.1) is 11.3 Å². The van der Waals surface area contributed by atoms with Gasteiger partial charge < -0.3 is 25.2 Å². The minimum atomic E-state index is -0.477. The maximum Gasteiger partial charge on any atom is 0.242 e. The molecule has 0 aromatic heterocycles. The van der Waals surface area contributed by atoms with Crippen LogP contribution in [0.25, 0.3) is 0 Å². The smallest absolute Gasteiger partial charge is 0.242 e. The number of carbonyl (C=O) groups excluding carboxylic acids is 2. The zero-order valence-corrected chi connectivity index (χ0v) is 22.0. The maximum absolute atomic E-state index is 13.8. The van der Waals surface area contributed by atoms with Crippen molar-refractivity contribution < 1.29 is 14.3 Å². The lowest BCUT2D eigenvalue weighted by Gasteiger charge is -2.47. The van der Waals surface area contributed by atoms with Gasteiger partial charge in [-0.25, -0.2) is 0 Å². The van der Waals surface area contributed by atoms with Crippen molar-refractivity contribution in [1.29, 1.82) is 0 Å². The number of likely N-dealkylation sites (tertiary alicyclic amines) is 1. The van der Waals surface area contributed by atoms with Gasteiger partial charge in [0, 0.05) is 30.8 Å². The number of amides is 2. The van der Waals surface area contributed by atoms with Gasteiger partial charge in [0.05, 0.1) is 12.0 Å². The normalized spacial score (nSPS) is 36.4. The number of hydrogen-bond donors (Lipinski definition) is 2. The second-order valence-electron chi connectivity index (χ2n) is 12.1. The van der Waals surface area contributed by atoms with E-state index in [2.05, 4.69) is 41.3 Å². The van der Waals surface area contributed by atoms with Crippen LogP contribution in [0.4, 0.5) is 0 Å². The van der Waals surface area contributed by atoms with Crippen molar-refractivity contribution in [1.82, 2.24) is 20.4 Å². The summed E-state index contributed by atoms with van der Waals surface area (Å²) in [5, 5.41) is 6.29. The van der Waals surface area contributed by atoms with Gasteiger partial charge in [0.15, 0.2) is 0 Å². The molecule has 4 saturated heterocycles. The second-order valence-corrected chi connectivity index (χ2v) is 12.1. The molecule has 4 rings (SSSR count). The first kappa shape index (κ1) is 25.9. The van der Waals surface area contributed by atoms with Gasteiger partial charge in [-0.3, -0.25) is 9.59 Å². The van der Waals surface area contributed by atoms with Crippen molar-refractivity contribution in [3.05, 3.63) is 0 Å². The Morgan fingerprint density at radius 3 is 2.32 bits per heavy atom. The SMILES string of the molecule is CC(C)C[C@@H]1NC(=O)C2(CCCCOC[C@@H](C)NC1=O)CCN(C1CC3CCC(C1)N3C)CC2.